The second-order valence-corrected chi connectivity index (χ2v) is 7.10. The number of hydrogen-bond acceptors (Lipinski definition) is 4. The smallest absolute Gasteiger partial charge is 0.257 e. The van der Waals surface area contributed by atoms with Gasteiger partial charge in [0.05, 0.1) is 13.7 Å². The van der Waals surface area contributed by atoms with Gasteiger partial charge in [-0.25, -0.2) is 9.98 Å². The minimum atomic E-state index is -0.446. The van der Waals surface area contributed by atoms with Gasteiger partial charge in [0.2, 0.25) is 5.95 Å². The summed E-state index contributed by atoms with van der Waals surface area (Å²) in [4.78, 5) is 21.8. The molecule has 0 fully saturated rings. The third-order valence-corrected chi connectivity index (χ3v) is 4.86. The highest BCUT2D eigenvalue weighted by Crippen LogP contribution is 2.23. The van der Waals surface area contributed by atoms with Gasteiger partial charge in [-0.2, -0.15) is 0 Å². The Morgan fingerprint density at radius 2 is 1.90 bits per heavy atom. The summed E-state index contributed by atoms with van der Waals surface area (Å²) in [7, 11) is 1.64. The highest BCUT2D eigenvalue weighted by molar-refractivity contribution is 6.30. The first-order valence-corrected chi connectivity index (χ1v) is 9.48. The Morgan fingerprint density at radius 1 is 1.17 bits per heavy atom. The van der Waals surface area contributed by atoms with Crippen molar-refractivity contribution in [1.82, 2.24) is 14.9 Å². The zero-order valence-electron chi connectivity index (χ0n) is 16.0. The van der Waals surface area contributed by atoms with Crippen LogP contribution in [0.3, 0.4) is 0 Å². The first kappa shape index (κ1) is 19.0. The predicted molar refractivity (Wildman–Crippen MR) is 114 cm³/mol. The van der Waals surface area contributed by atoms with Gasteiger partial charge in [-0.15, -0.1) is 0 Å². The number of aliphatic imine (C=N–C) groups is 1. The van der Waals surface area contributed by atoms with Crippen LogP contribution in [0.25, 0.3) is 0 Å². The van der Waals surface area contributed by atoms with Crippen LogP contribution in [0.4, 0.5) is 5.95 Å². The molecule has 0 amide bonds. The summed E-state index contributed by atoms with van der Waals surface area (Å²) < 4.78 is 6.76. The number of anilines is 1. The molecule has 1 aromatic heterocycles. The number of halogens is 1. The van der Waals surface area contributed by atoms with Crippen molar-refractivity contribution in [2.75, 3.05) is 12.4 Å². The van der Waals surface area contributed by atoms with E-state index < -0.39 is 6.17 Å². The fourth-order valence-corrected chi connectivity index (χ4v) is 3.27. The summed E-state index contributed by atoms with van der Waals surface area (Å²) in [6.45, 7) is 2.25. The number of nitrogens with zero attached hydrogens (tertiary/aromatic N) is 3. The van der Waals surface area contributed by atoms with Crippen LogP contribution in [0.15, 0.2) is 64.4 Å². The second kappa shape index (κ2) is 7.97. The molecule has 0 bridgehead atoms. The van der Waals surface area contributed by atoms with E-state index in [1.54, 1.807) is 30.7 Å². The number of rotatable bonds is 4. The zero-order chi connectivity index (χ0) is 20.4. The molecular weight excluding hydrogens is 390 g/mol. The third kappa shape index (κ3) is 4.09. The molecule has 3 aromatic rings. The van der Waals surface area contributed by atoms with Crippen LogP contribution in [0.5, 0.6) is 5.75 Å². The molecule has 0 saturated carbocycles. The Labute approximate surface area is 173 Å². The van der Waals surface area contributed by atoms with Gasteiger partial charge in [0.15, 0.2) is 5.96 Å². The number of ether oxygens (including phenoxy) is 1. The molecule has 148 valence electrons. The van der Waals surface area contributed by atoms with Crippen molar-refractivity contribution in [1.29, 1.82) is 0 Å². The number of nitrogens with one attached hydrogen (secondary N) is 2. The number of aromatic nitrogens is 2. The Balaban J connectivity index is 1.68. The van der Waals surface area contributed by atoms with Gasteiger partial charge >= 0.3 is 0 Å². The fraction of sp³-hybridized carbons (Fsp3) is 0.190. The highest BCUT2D eigenvalue weighted by Gasteiger charge is 2.26. The van der Waals surface area contributed by atoms with E-state index in [0.29, 0.717) is 29.2 Å². The van der Waals surface area contributed by atoms with Gasteiger partial charge < -0.3 is 10.1 Å². The maximum atomic E-state index is 12.6. The summed E-state index contributed by atoms with van der Waals surface area (Å²) in [5.41, 5.74) is 2.40. The molecule has 8 heteroatoms. The molecule has 2 aromatic carbocycles. The van der Waals surface area contributed by atoms with E-state index in [-0.39, 0.29) is 5.56 Å². The van der Waals surface area contributed by atoms with E-state index >= 15 is 0 Å². The van der Waals surface area contributed by atoms with Gasteiger partial charge in [0.1, 0.15) is 11.9 Å². The molecule has 1 atom stereocenters. The monoisotopic (exact) mass is 409 g/mol. The average molecular weight is 410 g/mol. The van der Waals surface area contributed by atoms with Crippen LogP contribution in [-0.4, -0.2) is 22.6 Å². The zero-order valence-corrected chi connectivity index (χ0v) is 16.8. The number of fused-ring (bicyclic) bond motifs is 1. The van der Waals surface area contributed by atoms with Gasteiger partial charge in [-0.05, 0) is 42.3 Å². The van der Waals surface area contributed by atoms with Crippen molar-refractivity contribution < 1.29 is 4.74 Å². The van der Waals surface area contributed by atoms with E-state index in [9.17, 15) is 4.79 Å². The van der Waals surface area contributed by atoms with Crippen molar-refractivity contribution in [2.45, 2.75) is 19.6 Å². The fourth-order valence-electron chi connectivity index (χ4n) is 3.14. The van der Waals surface area contributed by atoms with E-state index in [0.717, 1.165) is 16.9 Å². The number of aryl methyl sites for hydroxylation is 1. The molecular formula is C21H20ClN5O2. The van der Waals surface area contributed by atoms with Gasteiger partial charge in [0.25, 0.3) is 5.56 Å². The van der Waals surface area contributed by atoms with Gasteiger partial charge in [-0.3, -0.25) is 14.7 Å². The maximum Gasteiger partial charge on any atom is 0.257 e. The summed E-state index contributed by atoms with van der Waals surface area (Å²) in [5.74, 6) is 1.78. The molecule has 0 radical (unpaired) electrons. The molecule has 1 aliphatic heterocycles. The third-order valence-electron chi connectivity index (χ3n) is 4.61. The quantitative estimate of drug-likeness (QED) is 0.690. The van der Waals surface area contributed by atoms with Crippen molar-refractivity contribution in [3.8, 4) is 5.75 Å². The SMILES string of the molecule is COc1ccc(CN=C2Nc3nc(C)cc(=O)n3C(c3ccc(Cl)cc3)N2)cc1. The van der Waals surface area contributed by atoms with Crippen molar-refractivity contribution in [3.63, 3.8) is 0 Å². The second-order valence-electron chi connectivity index (χ2n) is 6.67. The van der Waals surface area contributed by atoms with Crippen molar-refractivity contribution in [2.24, 2.45) is 4.99 Å². The summed E-state index contributed by atoms with van der Waals surface area (Å²) in [5, 5.41) is 7.05. The Bertz CT molecular complexity index is 1110. The van der Waals surface area contributed by atoms with Crippen molar-refractivity contribution >= 4 is 23.5 Å². The lowest BCUT2D eigenvalue weighted by Gasteiger charge is -2.31. The lowest BCUT2D eigenvalue weighted by atomic mass is 10.1. The number of benzene rings is 2. The molecule has 0 spiro atoms. The highest BCUT2D eigenvalue weighted by atomic mass is 35.5. The normalized spacial score (nSPS) is 16.7. The van der Waals surface area contributed by atoms with Crippen LogP contribution in [0.2, 0.25) is 5.02 Å². The van der Waals surface area contributed by atoms with Crippen molar-refractivity contribution in [3.05, 3.63) is 86.8 Å². The number of guanidine groups is 1. The van der Waals surface area contributed by atoms with E-state index in [1.807, 2.05) is 36.4 Å². The summed E-state index contributed by atoms with van der Waals surface area (Å²) >= 11 is 6.02. The minimum Gasteiger partial charge on any atom is -0.497 e. The lowest BCUT2D eigenvalue weighted by Crippen LogP contribution is -2.48. The number of hydrogen-bond donors (Lipinski definition) is 2. The first-order chi connectivity index (χ1) is 14.0. The maximum absolute atomic E-state index is 12.6. The van der Waals surface area contributed by atoms with Gasteiger partial charge in [0, 0.05) is 16.8 Å². The van der Waals surface area contributed by atoms with E-state index in [2.05, 4.69) is 20.6 Å². The number of methoxy groups -OCH3 is 1. The molecule has 1 unspecified atom stereocenters. The molecule has 4 rings (SSSR count). The Hall–Kier alpha value is -3.32. The van der Waals surface area contributed by atoms with Crippen LogP contribution >= 0.6 is 11.6 Å². The van der Waals surface area contributed by atoms with E-state index in [4.69, 9.17) is 16.3 Å². The Morgan fingerprint density at radius 3 is 2.59 bits per heavy atom. The van der Waals surface area contributed by atoms with Gasteiger partial charge in [-0.1, -0.05) is 35.9 Å². The average Bonchev–Trinajstić information content (AvgIpc) is 2.72. The molecule has 1 aliphatic rings. The molecule has 7 nitrogen and oxygen atoms in total. The molecule has 0 aliphatic carbocycles. The Kier molecular flexibility index (Phi) is 5.22. The molecule has 2 heterocycles. The topological polar surface area (TPSA) is 80.5 Å². The molecule has 0 saturated heterocycles. The summed E-state index contributed by atoms with van der Waals surface area (Å²) in [6, 6.07) is 16.6. The first-order valence-electron chi connectivity index (χ1n) is 9.10. The summed E-state index contributed by atoms with van der Waals surface area (Å²) in [6.07, 6.45) is -0.446. The van der Waals surface area contributed by atoms with Crippen LogP contribution < -0.4 is 20.9 Å². The van der Waals surface area contributed by atoms with E-state index in [1.165, 1.54) is 6.07 Å². The molecule has 29 heavy (non-hydrogen) atoms. The predicted octanol–water partition coefficient (Wildman–Crippen LogP) is 3.33. The van der Waals surface area contributed by atoms with Crippen LogP contribution in [-0.2, 0) is 6.54 Å². The standard InChI is InChI=1S/C21H20ClN5O2/c1-13-11-18(28)27-19(15-5-7-16(22)8-6-15)25-20(26-21(27)24-13)23-12-14-3-9-17(29-2)10-4-14/h3-11,19H,12H2,1-2H3,(H2,23,24,25,26). The largest absolute Gasteiger partial charge is 0.497 e. The lowest BCUT2D eigenvalue weighted by molar-refractivity contribution is 0.414. The van der Waals surface area contributed by atoms with Crippen LogP contribution in [0, 0.1) is 6.92 Å². The molecule has 2 N–H and O–H groups in total. The minimum absolute atomic E-state index is 0.151. The van der Waals surface area contributed by atoms with Crippen LogP contribution in [0.1, 0.15) is 23.0 Å².